The molecule has 3 rings (SSSR count). The van der Waals surface area contributed by atoms with Gasteiger partial charge in [0.2, 0.25) is 5.95 Å². The molecule has 2 aromatic heterocycles. The molecule has 2 heterocycles. The second-order valence-corrected chi connectivity index (χ2v) is 3.50. The van der Waals surface area contributed by atoms with Gasteiger partial charge in [-0.15, -0.1) is 5.10 Å². The molecular formula is C9H9FN4. The third kappa shape index (κ3) is 1.30. The molecule has 0 bridgehead atoms. The molecule has 72 valence electrons. The van der Waals surface area contributed by atoms with E-state index in [1.165, 1.54) is 29.6 Å². The Morgan fingerprint density at radius 2 is 2.29 bits per heavy atom. The molecule has 1 aliphatic rings. The van der Waals surface area contributed by atoms with E-state index in [2.05, 4.69) is 15.4 Å². The van der Waals surface area contributed by atoms with Crippen LogP contribution in [0.25, 0.3) is 5.65 Å². The number of fused-ring (bicyclic) bond motifs is 1. The van der Waals surface area contributed by atoms with E-state index in [-0.39, 0.29) is 5.82 Å². The van der Waals surface area contributed by atoms with Gasteiger partial charge in [-0.25, -0.2) is 8.91 Å². The minimum absolute atomic E-state index is 0.305. The highest BCUT2D eigenvalue weighted by Crippen LogP contribution is 2.23. The standard InChI is InChI=1S/C9H9FN4/c10-6-1-4-8-12-9(11-7-2-3-7)13-14(8)5-6/h1,4-5,7H,2-3H2,(H,11,13). The van der Waals surface area contributed by atoms with Gasteiger partial charge in [0, 0.05) is 6.04 Å². The van der Waals surface area contributed by atoms with Crippen LogP contribution in [-0.4, -0.2) is 20.6 Å². The quantitative estimate of drug-likeness (QED) is 0.782. The highest BCUT2D eigenvalue weighted by atomic mass is 19.1. The van der Waals surface area contributed by atoms with Crippen molar-refractivity contribution >= 4 is 11.6 Å². The van der Waals surface area contributed by atoms with Gasteiger partial charge in [0.05, 0.1) is 6.20 Å². The van der Waals surface area contributed by atoms with E-state index in [4.69, 9.17) is 0 Å². The van der Waals surface area contributed by atoms with Gasteiger partial charge in [-0.2, -0.15) is 4.98 Å². The van der Waals surface area contributed by atoms with Crippen LogP contribution in [0.15, 0.2) is 18.3 Å². The second-order valence-electron chi connectivity index (χ2n) is 3.50. The molecule has 1 aliphatic carbocycles. The van der Waals surface area contributed by atoms with Crippen LogP contribution in [0.2, 0.25) is 0 Å². The first-order valence-electron chi connectivity index (χ1n) is 4.60. The number of nitrogens with one attached hydrogen (secondary N) is 1. The lowest BCUT2D eigenvalue weighted by Gasteiger charge is -1.93. The third-order valence-electron chi connectivity index (χ3n) is 2.21. The predicted molar refractivity (Wildman–Crippen MR) is 49.6 cm³/mol. The van der Waals surface area contributed by atoms with Crippen LogP contribution in [0.5, 0.6) is 0 Å². The average Bonchev–Trinajstić information content (AvgIpc) is 2.84. The normalized spacial score (nSPS) is 16.1. The molecule has 0 aliphatic heterocycles. The summed E-state index contributed by atoms with van der Waals surface area (Å²) in [6.45, 7) is 0. The Hall–Kier alpha value is -1.65. The van der Waals surface area contributed by atoms with Crippen molar-refractivity contribution in [1.29, 1.82) is 0 Å². The van der Waals surface area contributed by atoms with E-state index in [0.717, 1.165) is 0 Å². The molecule has 1 fully saturated rings. The molecule has 14 heavy (non-hydrogen) atoms. The largest absolute Gasteiger partial charge is 0.350 e. The molecule has 0 radical (unpaired) electrons. The summed E-state index contributed by atoms with van der Waals surface area (Å²) in [5, 5.41) is 7.27. The van der Waals surface area contributed by atoms with Crippen LogP contribution < -0.4 is 5.32 Å². The van der Waals surface area contributed by atoms with Crippen LogP contribution >= 0.6 is 0 Å². The van der Waals surface area contributed by atoms with Gasteiger partial charge >= 0.3 is 0 Å². The van der Waals surface area contributed by atoms with Crippen LogP contribution in [0.1, 0.15) is 12.8 Å². The average molecular weight is 192 g/mol. The van der Waals surface area contributed by atoms with Gasteiger partial charge in [0.15, 0.2) is 5.65 Å². The lowest BCUT2D eigenvalue weighted by atomic mass is 10.5. The lowest BCUT2D eigenvalue weighted by Crippen LogP contribution is -2.02. The minimum Gasteiger partial charge on any atom is -0.350 e. The van der Waals surface area contributed by atoms with Crippen molar-refractivity contribution in [3.05, 3.63) is 24.1 Å². The van der Waals surface area contributed by atoms with E-state index >= 15 is 0 Å². The van der Waals surface area contributed by atoms with Crippen LogP contribution in [0.3, 0.4) is 0 Å². The zero-order chi connectivity index (χ0) is 9.54. The second kappa shape index (κ2) is 2.67. The molecule has 2 aromatic rings. The highest BCUT2D eigenvalue weighted by molar-refractivity contribution is 5.43. The molecule has 4 nitrogen and oxygen atoms in total. The van der Waals surface area contributed by atoms with E-state index in [1.54, 1.807) is 6.07 Å². The van der Waals surface area contributed by atoms with Crippen LogP contribution in [0, 0.1) is 5.82 Å². The Bertz CT molecular complexity index is 475. The molecule has 0 atom stereocenters. The van der Waals surface area contributed by atoms with E-state index in [9.17, 15) is 4.39 Å². The molecule has 0 amide bonds. The lowest BCUT2D eigenvalue weighted by molar-refractivity contribution is 0.615. The topological polar surface area (TPSA) is 42.2 Å². The van der Waals surface area contributed by atoms with E-state index in [0.29, 0.717) is 17.6 Å². The fourth-order valence-electron chi connectivity index (χ4n) is 1.33. The van der Waals surface area contributed by atoms with Crippen molar-refractivity contribution in [3.63, 3.8) is 0 Å². The molecule has 0 aromatic carbocycles. The maximum absolute atomic E-state index is 12.8. The van der Waals surface area contributed by atoms with Crippen molar-refractivity contribution < 1.29 is 4.39 Å². The summed E-state index contributed by atoms with van der Waals surface area (Å²) in [4.78, 5) is 4.21. The first-order chi connectivity index (χ1) is 6.81. The van der Waals surface area contributed by atoms with Crippen LogP contribution in [-0.2, 0) is 0 Å². The summed E-state index contributed by atoms with van der Waals surface area (Å²) in [5.74, 6) is 0.276. The number of nitrogens with zero attached hydrogens (tertiary/aromatic N) is 3. The number of hydrogen-bond acceptors (Lipinski definition) is 3. The fraction of sp³-hybridized carbons (Fsp3) is 0.333. The van der Waals surface area contributed by atoms with Gasteiger partial charge in [0.25, 0.3) is 0 Å². The van der Waals surface area contributed by atoms with Crippen molar-refractivity contribution in [2.24, 2.45) is 0 Å². The maximum Gasteiger partial charge on any atom is 0.243 e. The molecule has 0 spiro atoms. The van der Waals surface area contributed by atoms with Gasteiger partial charge in [-0.1, -0.05) is 0 Å². The summed E-state index contributed by atoms with van der Waals surface area (Å²) in [6.07, 6.45) is 3.66. The van der Waals surface area contributed by atoms with Crippen molar-refractivity contribution in [2.75, 3.05) is 5.32 Å². The molecule has 0 saturated heterocycles. The van der Waals surface area contributed by atoms with Crippen molar-refractivity contribution in [3.8, 4) is 0 Å². The molecule has 1 saturated carbocycles. The first kappa shape index (κ1) is 7.73. The monoisotopic (exact) mass is 192 g/mol. The third-order valence-corrected chi connectivity index (χ3v) is 2.21. The molecule has 5 heteroatoms. The van der Waals surface area contributed by atoms with E-state index in [1.807, 2.05) is 0 Å². The first-order valence-corrected chi connectivity index (χ1v) is 4.60. The molecular weight excluding hydrogens is 183 g/mol. The zero-order valence-corrected chi connectivity index (χ0v) is 7.44. The van der Waals surface area contributed by atoms with Crippen molar-refractivity contribution in [2.45, 2.75) is 18.9 Å². The fourth-order valence-corrected chi connectivity index (χ4v) is 1.33. The SMILES string of the molecule is Fc1ccc2nc(NC3CC3)nn2c1. The Morgan fingerprint density at radius 3 is 3.07 bits per heavy atom. The van der Waals surface area contributed by atoms with Crippen LogP contribution in [0.4, 0.5) is 10.3 Å². The van der Waals surface area contributed by atoms with E-state index < -0.39 is 0 Å². The minimum atomic E-state index is -0.305. The summed E-state index contributed by atoms with van der Waals surface area (Å²) >= 11 is 0. The zero-order valence-electron chi connectivity index (χ0n) is 7.44. The number of pyridine rings is 1. The predicted octanol–water partition coefficient (Wildman–Crippen LogP) is 1.44. The Labute approximate surface area is 79.8 Å². The summed E-state index contributed by atoms with van der Waals surface area (Å²) < 4.78 is 14.3. The smallest absolute Gasteiger partial charge is 0.243 e. The summed E-state index contributed by atoms with van der Waals surface area (Å²) in [5.41, 5.74) is 0.662. The van der Waals surface area contributed by atoms with Gasteiger partial charge in [-0.05, 0) is 25.0 Å². The Morgan fingerprint density at radius 1 is 1.43 bits per heavy atom. The van der Waals surface area contributed by atoms with Gasteiger partial charge in [-0.3, -0.25) is 0 Å². The Kier molecular flexibility index (Phi) is 1.47. The number of anilines is 1. The number of rotatable bonds is 2. The van der Waals surface area contributed by atoms with Gasteiger partial charge < -0.3 is 5.32 Å². The molecule has 1 N–H and O–H groups in total. The highest BCUT2D eigenvalue weighted by Gasteiger charge is 2.22. The number of hydrogen-bond donors (Lipinski definition) is 1. The number of aromatic nitrogens is 3. The Balaban J connectivity index is 2.01. The summed E-state index contributed by atoms with van der Waals surface area (Å²) in [6, 6.07) is 3.50. The maximum atomic E-state index is 12.8. The van der Waals surface area contributed by atoms with Crippen molar-refractivity contribution in [1.82, 2.24) is 14.6 Å². The molecule has 0 unspecified atom stereocenters. The summed E-state index contributed by atoms with van der Waals surface area (Å²) in [7, 11) is 0. The number of halogens is 1. The van der Waals surface area contributed by atoms with Gasteiger partial charge in [0.1, 0.15) is 5.82 Å².